The van der Waals surface area contributed by atoms with E-state index in [9.17, 15) is 0 Å². The van der Waals surface area contributed by atoms with Crippen LogP contribution in [0.15, 0.2) is 67.0 Å². The average molecular weight is 471 g/mol. The Morgan fingerprint density at radius 2 is 1.56 bits per heavy atom. The second-order valence-electron chi connectivity index (χ2n) is 8.98. The van der Waals surface area contributed by atoms with Crippen LogP contribution in [-0.2, 0) is 6.67 Å². The molecule has 0 bridgehead atoms. The first-order valence-corrected chi connectivity index (χ1v) is 12.1. The van der Waals surface area contributed by atoms with Gasteiger partial charge in [0.25, 0.3) is 0 Å². The normalized spacial score (nSPS) is 14.5. The van der Waals surface area contributed by atoms with Crippen molar-refractivity contribution in [1.29, 1.82) is 0 Å². The van der Waals surface area contributed by atoms with Gasteiger partial charge in [0.15, 0.2) is 5.82 Å². The summed E-state index contributed by atoms with van der Waals surface area (Å²) >= 11 is 5.94. The van der Waals surface area contributed by atoms with E-state index in [1.165, 1.54) is 22.4 Å². The van der Waals surface area contributed by atoms with Crippen LogP contribution in [-0.4, -0.2) is 50.4 Å². The number of aromatic nitrogens is 4. The van der Waals surface area contributed by atoms with Crippen molar-refractivity contribution in [3.8, 4) is 17.1 Å². The van der Waals surface area contributed by atoms with Crippen molar-refractivity contribution >= 4 is 17.9 Å². The van der Waals surface area contributed by atoms with Crippen LogP contribution >= 0.6 is 12.2 Å². The molecule has 0 spiro atoms. The van der Waals surface area contributed by atoms with Crippen LogP contribution in [0.3, 0.4) is 0 Å². The van der Waals surface area contributed by atoms with Gasteiger partial charge in [-0.05, 0) is 74.4 Å². The molecule has 1 saturated heterocycles. The van der Waals surface area contributed by atoms with Crippen LogP contribution < -0.4 is 4.90 Å². The highest BCUT2D eigenvalue weighted by molar-refractivity contribution is 7.71. The summed E-state index contributed by atoms with van der Waals surface area (Å²) in [5.41, 5.74) is 7.30. The summed E-state index contributed by atoms with van der Waals surface area (Å²) in [6, 6.07) is 19.0. The summed E-state index contributed by atoms with van der Waals surface area (Å²) < 4.78 is 4.72. The third-order valence-electron chi connectivity index (χ3n) is 6.69. The molecule has 0 saturated carbocycles. The fourth-order valence-corrected chi connectivity index (χ4v) is 4.80. The van der Waals surface area contributed by atoms with Crippen molar-refractivity contribution in [1.82, 2.24) is 24.2 Å². The molecular formula is C27H30N6S. The minimum Gasteiger partial charge on any atom is -0.369 e. The number of pyridine rings is 1. The molecule has 0 aliphatic carbocycles. The highest BCUT2D eigenvalue weighted by Crippen LogP contribution is 2.25. The van der Waals surface area contributed by atoms with Gasteiger partial charge in [-0.15, -0.1) is 5.10 Å². The van der Waals surface area contributed by atoms with Crippen LogP contribution in [0.1, 0.15) is 16.7 Å². The highest BCUT2D eigenvalue weighted by atomic mass is 32.1. The lowest BCUT2D eigenvalue weighted by atomic mass is 10.1. The second kappa shape index (κ2) is 9.52. The Bertz CT molecular complexity index is 1330. The summed E-state index contributed by atoms with van der Waals surface area (Å²) in [5.74, 6) is 0.838. The predicted octanol–water partition coefficient (Wildman–Crippen LogP) is 5.17. The van der Waals surface area contributed by atoms with Gasteiger partial charge >= 0.3 is 0 Å². The molecule has 2 aromatic carbocycles. The Kier molecular flexibility index (Phi) is 6.30. The lowest BCUT2D eigenvalue weighted by Gasteiger charge is -2.36. The first-order valence-electron chi connectivity index (χ1n) is 11.7. The maximum absolute atomic E-state index is 5.94. The quantitative estimate of drug-likeness (QED) is 0.377. The summed E-state index contributed by atoms with van der Waals surface area (Å²) in [5, 5.41) is 4.97. The first-order chi connectivity index (χ1) is 16.5. The lowest BCUT2D eigenvalue weighted by Crippen LogP contribution is -2.47. The molecule has 2 aromatic heterocycles. The van der Waals surface area contributed by atoms with Crippen molar-refractivity contribution < 1.29 is 0 Å². The Morgan fingerprint density at radius 3 is 2.26 bits per heavy atom. The highest BCUT2D eigenvalue weighted by Gasteiger charge is 2.21. The number of benzene rings is 2. The third-order valence-corrected chi connectivity index (χ3v) is 7.09. The molecule has 0 amide bonds. The van der Waals surface area contributed by atoms with Gasteiger partial charge in [0.05, 0.1) is 6.67 Å². The fourth-order valence-electron chi connectivity index (χ4n) is 4.51. The Morgan fingerprint density at radius 1 is 0.853 bits per heavy atom. The van der Waals surface area contributed by atoms with Gasteiger partial charge in [-0.3, -0.25) is 14.5 Å². The Balaban J connectivity index is 1.40. The van der Waals surface area contributed by atoms with E-state index in [1.54, 1.807) is 12.4 Å². The number of hydrogen-bond donors (Lipinski definition) is 0. The molecule has 5 rings (SSSR count). The molecular weight excluding hydrogens is 440 g/mol. The number of hydrogen-bond acceptors (Lipinski definition) is 5. The van der Waals surface area contributed by atoms with Crippen molar-refractivity contribution in [2.24, 2.45) is 0 Å². The molecule has 3 heterocycles. The van der Waals surface area contributed by atoms with Crippen molar-refractivity contribution in [3.63, 3.8) is 0 Å². The Hall–Kier alpha value is -3.29. The zero-order valence-electron chi connectivity index (χ0n) is 20.0. The van der Waals surface area contributed by atoms with Crippen LogP contribution in [0.5, 0.6) is 0 Å². The average Bonchev–Trinajstić information content (AvgIpc) is 3.18. The van der Waals surface area contributed by atoms with E-state index in [-0.39, 0.29) is 0 Å². The molecule has 4 aromatic rings. The number of piperazine rings is 1. The number of aryl methyl sites for hydroxylation is 2. The van der Waals surface area contributed by atoms with Crippen molar-refractivity contribution in [2.75, 3.05) is 31.1 Å². The molecule has 34 heavy (non-hydrogen) atoms. The van der Waals surface area contributed by atoms with Gasteiger partial charge in [-0.2, -0.15) is 0 Å². The van der Waals surface area contributed by atoms with E-state index in [2.05, 4.69) is 82.6 Å². The van der Waals surface area contributed by atoms with E-state index >= 15 is 0 Å². The largest absolute Gasteiger partial charge is 0.369 e. The van der Waals surface area contributed by atoms with Crippen LogP contribution in [0, 0.1) is 25.5 Å². The van der Waals surface area contributed by atoms with Crippen LogP contribution in [0.25, 0.3) is 17.1 Å². The first kappa shape index (κ1) is 22.5. The predicted molar refractivity (Wildman–Crippen MR) is 140 cm³/mol. The molecule has 7 heteroatoms. The number of nitrogens with zero attached hydrogens (tertiary/aromatic N) is 6. The maximum atomic E-state index is 5.94. The van der Waals surface area contributed by atoms with Gasteiger partial charge in [-0.1, -0.05) is 29.8 Å². The van der Waals surface area contributed by atoms with Gasteiger partial charge < -0.3 is 4.90 Å². The molecule has 6 nitrogen and oxygen atoms in total. The minimum atomic E-state index is 0.677. The molecule has 0 atom stereocenters. The number of rotatable bonds is 5. The SMILES string of the molecule is Cc1ccc(-n2c(-c3ccncc3)nn(CN3CCN(c4cccc(C)c4C)CC3)c2=S)cc1. The number of anilines is 1. The zero-order chi connectivity index (χ0) is 23.7. The molecule has 0 unspecified atom stereocenters. The fraction of sp³-hybridized carbons (Fsp3) is 0.296. The molecule has 1 aliphatic rings. The van der Waals surface area contributed by atoms with E-state index in [1.807, 2.05) is 16.8 Å². The van der Waals surface area contributed by atoms with Crippen LogP contribution in [0.2, 0.25) is 0 Å². The van der Waals surface area contributed by atoms with Gasteiger partial charge in [-0.25, -0.2) is 4.68 Å². The van der Waals surface area contributed by atoms with Gasteiger partial charge in [0.1, 0.15) is 0 Å². The molecule has 0 N–H and O–H groups in total. The zero-order valence-corrected chi connectivity index (χ0v) is 20.8. The van der Waals surface area contributed by atoms with Crippen LogP contribution in [0.4, 0.5) is 5.69 Å². The summed E-state index contributed by atoms with van der Waals surface area (Å²) in [6.45, 7) is 11.1. The standard InChI is InChI=1S/C27H30N6S/c1-20-7-9-24(10-8-20)33-26(23-11-13-28-14-12-23)29-32(27(33)34)19-30-15-17-31(18-16-30)25-6-4-5-21(2)22(25)3/h4-14H,15-19H2,1-3H3. The van der Waals surface area contributed by atoms with E-state index < -0.39 is 0 Å². The van der Waals surface area contributed by atoms with E-state index in [0.717, 1.165) is 43.3 Å². The lowest BCUT2D eigenvalue weighted by molar-refractivity contribution is 0.194. The smallest absolute Gasteiger partial charge is 0.204 e. The van der Waals surface area contributed by atoms with Crippen molar-refractivity contribution in [3.05, 3.63) is 88.5 Å². The molecule has 1 aliphatic heterocycles. The summed E-state index contributed by atoms with van der Waals surface area (Å²) in [6.07, 6.45) is 3.59. The second-order valence-corrected chi connectivity index (χ2v) is 9.34. The summed E-state index contributed by atoms with van der Waals surface area (Å²) in [7, 11) is 0. The van der Waals surface area contributed by atoms with Gasteiger partial charge in [0, 0.05) is 55.5 Å². The monoisotopic (exact) mass is 470 g/mol. The van der Waals surface area contributed by atoms with E-state index in [0.29, 0.717) is 11.4 Å². The molecule has 174 valence electrons. The molecule has 1 fully saturated rings. The van der Waals surface area contributed by atoms with Gasteiger partial charge in [0.2, 0.25) is 4.77 Å². The topological polar surface area (TPSA) is 42.1 Å². The van der Waals surface area contributed by atoms with Crippen molar-refractivity contribution in [2.45, 2.75) is 27.4 Å². The third kappa shape index (κ3) is 4.41. The summed E-state index contributed by atoms with van der Waals surface area (Å²) in [4.78, 5) is 9.09. The maximum Gasteiger partial charge on any atom is 0.204 e. The van der Waals surface area contributed by atoms with E-state index in [4.69, 9.17) is 17.3 Å². The molecule has 0 radical (unpaired) electrons. The minimum absolute atomic E-state index is 0.677. The Labute approximate surface area is 206 Å².